The third-order valence-electron chi connectivity index (χ3n) is 3.61. The Morgan fingerprint density at radius 3 is 2.44 bits per heavy atom. The number of halogens is 2. The molecular weight excluding hydrogens is 248 g/mol. The van der Waals surface area contributed by atoms with Crippen LogP contribution in [0.1, 0.15) is 20.3 Å². The van der Waals surface area contributed by atoms with Crippen molar-refractivity contribution >= 4 is 5.91 Å². The minimum absolute atomic E-state index is 0.244. The predicted molar refractivity (Wildman–Crippen MR) is 57.0 cm³/mol. The van der Waals surface area contributed by atoms with Crippen molar-refractivity contribution in [3.05, 3.63) is 0 Å². The number of carbonyl (C=O) groups is 1. The van der Waals surface area contributed by atoms with Crippen LogP contribution in [0.3, 0.4) is 0 Å². The molecule has 7 heteroatoms. The maximum absolute atomic E-state index is 12.7. The van der Waals surface area contributed by atoms with Crippen molar-refractivity contribution in [2.24, 2.45) is 5.92 Å². The summed E-state index contributed by atoms with van der Waals surface area (Å²) in [6.07, 6.45) is -5.96. The van der Waals surface area contributed by atoms with Crippen LogP contribution in [0, 0.1) is 5.92 Å². The zero-order chi connectivity index (χ0) is 13.7. The van der Waals surface area contributed by atoms with Gasteiger partial charge in [-0.3, -0.25) is 4.79 Å². The summed E-state index contributed by atoms with van der Waals surface area (Å²) in [5, 5.41) is 21.3. The highest BCUT2D eigenvalue weighted by atomic mass is 19.3. The molecule has 2 rings (SSSR count). The van der Waals surface area contributed by atoms with Crippen LogP contribution in [0.2, 0.25) is 0 Å². The van der Waals surface area contributed by atoms with Crippen molar-refractivity contribution in [2.75, 3.05) is 0 Å². The van der Waals surface area contributed by atoms with Gasteiger partial charge in [0, 0.05) is 0 Å². The Labute approximate surface area is 103 Å². The fraction of sp³-hybridized carbons (Fsp3) is 0.909. The summed E-state index contributed by atoms with van der Waals surface area (Å²) in [5.41, 5.74) is -1.62. The van der Waals surface area contributed by atoms with Gasteiger partial charge in [0.15, 0.2) is 0 Å². The van der Waals surface area contributed by atoms with E-state index in [4.69, 9.17) is 4.74 Å². The molecule has 2 heterocycles. The number of hydrogen-bond donors (Lipinski definition) is 3. The zero-order valence-electron chi connectivity index (χ0n) is 10.1. The lowest BCUT2D eigenvalue weighted by Crippen LogP contribution is -2.54. The molecule has 2 saturated heterocycles. The minimum atomic E-state index is -2.68. The summed E-state index contributed by atoms with van der Waals surface area (Å²) < 4.78 is 30.6. The smallest absolute Gasteiger partial charge is 0.260 e. The molecule has 2 aliphatic heterocycles. The van der Waals surface area contributed by atoms with E-state index in [0.717, 1.165) is 0 Å². The molecule has 18 heavy (non-hydrogen) atoms. The normalized spacial score (nSPS) is 39.4. The Hall–Kier alpha value is -0.790. The number of carbonyl (C=O) groups excluding carboxylic acids is 1. The molecular formula is C11H17F2NO4. The number of alkyl halides is 2. The first-order valence-corrected chi connectivity index (χ1v) is 5.86. The molecule has 0 spiro atoms. The number of amides is 1. The van der Waals surface area contributed by atoms with Crippen molar-refractivity contribution in [1.82, 2.24) is 5.32 Å². The van der Waals surface area contributed by atoms with Crippen LogP contribution < -0.4 is 5.32 Å². The van der Waals surface area contributed by atoms with Gasteiger partial charge < -0.3 is 20.3 Å². The van der Waals surface area contributed by atoms with Crippen LogP contribution in [0.15, 0.2) is 0 Å². The van der Waals surface area contributed by atoms with Crippen LogP contribution in [0.25, 0.3) is 0 Å². The lowest BCUT2D eigenvalue weighted by Gasteiger charge is -2.30. The third-order valence-corrected chi connectivity index (χ3v) is 3.61. The molecule has 5 nitrogen and oxygen atoms in total. The van der Waals surface area contributed by atoms with Gasteiger partial charge in [-0.05, 0) is 20.3 Å². The molecule has 0 radical (unpaired) electrons. The van der Waals surface area contributed by atoms with Crippen LogP contribution in [-0.2, 0) is 9.53 Å². The van der Waals surface area contributed by atoms with Gasteiger partial charge in [-0.1, -0.05) is 0 Å². The average molecular weight is 265 g/mol. The summed E-state index contributed by atoms with van der Waals surface area (Å²) in [6.45, 7) is 2.46. The zero-order valence-corrected chi connectivity index (χ0v) is 10.1. The van der Waals surface area contributed by atoms with Gasteiger partial charge in [-0.25, -0.2) is 8.78 Å². The third kappa shape index (κ3) is 2.10. The molecule has 0 aromatic rings. The monoisotopic (exact) mass is 265 g/mol. The summed E-state index contributed by atoms with van der Waals surface area (Å²) in [6, 6.07) is 0. The van der Waals surface area contributed by atoms with E-state index in [9.17, 15) is 23.8 Å². The number of rotatable bonds is 3. The highest BCUT2D eigenvalue weighted by Gasteiger charge is 2.56. The summed E-state index contributed by atoms with van der Waals surface area (Å²) >= 11 is 0. The van der Waals surface area contributed by atoms with Crippen LogP contribution in [0.4, 0.5) is 8.78 Å². The van der Waals surface area contributed by atoms with Gasteiger partial charge in [-0.15, -0.1) is 0 Å². The summed E-state index contributed by atoms with van der Waals surface area (Å²) in [7, 11) is 0. The highest BCUT2D eigenvalue weighted by Crippen LogP contribution is 2.39. The summed E-state index contributed by atoms with van der Waals surface area (Å²) in [4.78, 5) is 11.9. The second kappa shape index (κ2) is 4.40. The van der Waals surface area contributed by atoms with Crippen LogP contribution in [0.5, 0.6) is 0 Å². The van der Waals surface area contributed by atoms with E-state index in [-0.39, 0.29) is 6.42 Å². The maximum Gasteiger partial charge on any atom is 0.260 e. The molecule has 0 aliphatic carbocycles. The van der Waals surface area contributed by atoms with Gasteiger partial charge in [0.2, 0.25) is 5.91 Å². The second-order valence-electron chi connectivity index (χ2n) is 5.47. The quantitative estimate of drug-likeness (QED) is 0.652. The number of nitrogens with one attached hydrogen (secondary N) is 1. The second-order valence-corrected chi connectivity index (χ2v) is 5.47. The summed E-state index contributed by atoms with van der Waals surface area (Å²) in [5.74, 6) is -1.26. The molecule has 5 atom stereocenters. The predicted octanol–water partition coefficient (Wildman–Crippen LogP) is -0.345. The topological polar surface area (TPSA) is 78.8 Å². The number of aliphatic hydroxyl groups is 2. The van der Waals surface area contributed by atoms with E-state index >= 15 is 0 Å². The first-order chi connectivity index (χ1) is 8.24. The molecule has 0 aromatic carbocycles. The Balaban J connectivity index is 2.00. The standard InChI is InChI=1S/C11H17F2NO4/c1-11(2,10(12)13)14-9(17)4-3-5-6(15)7(16)8(4)18-5/h4-8,10,15-16H,3H2,1-2H3,(H,14,17). The lowest BCUT2D eigenvalue weighted by atomic mass is 9.84. The van der Waals surface area contributed by atoms with Gasteiger partial charge >= 0.3 is 0 Å². The van der Waals surface area contributed by atoms with Gasteiger partial charge in [0.1, 0.15) is 12.2 Å². The van der Waals surface area contributed by atoms with Crippen molar-refractivity contribution in [3.8, 4) is 0 Å². The van der Waals surface area contributed by atoms with Crippen molar-refractivity contribution in [1.29, 1.82) is 0 Å². The molecule has 2 aliphatic rings. The molecule has 0 saturated carbocycles. The Kier molecular flexibility index (Phi) is 3.33. The lowest BCUT2D eigenvalue weighted by molar-refractivity contribution is -0.132. The first-order valence-electron chi connectivity index (χ1n) is 5.86. The molecule has 1 amide bonds. The van der Waals surface area contributed by atoms with Gasteiger partial charge in [0.05, 0.1) is 23.7 Å². The molecule has 2 fully saturated rings. The Morgan fingerprint density at radius 2 is 2.00 bits per heavy atom. The van der Waals surface area contributed by atoms with E-state index in [1.165, 1.54) is 13.8 Å². The van der Waals surface area contributed by atoms with Crippen molar-refractivity contribution in [3.63, 3.8) is 0 Å². The van der Waals surface area contributed by atoms with E-state index in [1.807, 2.05) is 0 Å². The maximum atomic E-state index is 12.7. The number of fused-ring (bicyclic) bond motifs is 2. The number of aliphatic hydroxyl groups excluding tert-OH is 2. The highest BCUT2D eigenvalue weighted by molar-refractivity contribution is 5.80. The SMILES string of the molecule is CC(C)(NC(=O)C1CC2OC1C(O)C2O)C(F)F. The minimum Gasteiger partial charge on any atom is -0.388 e. The van der Waals surface area contributed by atoms with Crippen molar-refractivity contribution in [2.45, 2.75) is 56.6 Å². The van der Waals surface area contributed by atoms with Crippen LogP contribution >= 0.6 is 0 Å². The molecule has 5 unspecified atom stereocenters. The van der Waals surface area contributed by atoms with Crippen LogP contribution in [-0.4, -0.2) is 52.5 Å². The Bertz CT molecular complexity index is 348. The molecule has 0 aromatic heterocycles. The van der Waals surface area contributed by atoms with E-state index < -0.39 is 48.2 Å². The largest absolute Gasteiger partial charge is 0.388 e. The molecule has 3 N–H and O–H groups in total. The van der Waals surface area contributed by atoms with Gasteiger partial charge in [0.25, 0.3) is 6.43 Å². The fourth-order valence-corrected chi connectivity index (χ4v) is 2.41. The van der Waals surface area contributed by atoms with E-state index in [2.05, 4.69) is 5.32 Å². The fourth-order valence-electron chi connectivity index (χ4n) is 2.41. The van der Waals surface area contributed by atoms with Crippen molar-refractivity contribution < 1.29 is 28.5 Å². The number of ether oxygens (including phenoxy) is 1. The van der Waals surface area contributed by atoms with E-state index in [1.54, 1.807) is 0 Å². The van der Waals surface area contributed by atoms with E-state index in [0.29, 0.717) is 0 Å². The molecule has 104 valence electrons. The number of hydrogen-bond acceptors (Lipinski definition) is 4. The van der Waals surface area contributed by atoms with Gasteiger partial charge in [-0.2, -0.15) is 0 Å². The first kappa shape index (κ1) is 13.6. The Morgan fingerprint density at radius 1 is 1.39 bits per heavy atom. The molecule has 2 bridgehead atoms. The average Bonchev–Trinajstić information content (AvgIpc) is 2.79.